The molecular formula is C17H23N5O2S2. The summed E-state index contributed by atoms with van der Waals surface area (Å²) in [5.74, 6) is 0. The van der Waals surface area contributed by atoms with Gasteiger partial charge in [-0.25, -0.2) is 13.4 Å². The van der Waals surface area contributed by atoms with Crippen molar-refractivity contribution in [1.82, 2.24) is 24.0 Å². The Morgan fingerprint density at radius 2 is 2.04 bits per heavy atom. The molecule has 140 valence electrons. The second-order valence-electron chi connectivity index (χ2n) is 6.47. The van der Waals surface area contributed by atoms with Gasteiger partial charge in [-0.15, -0.1) is 11.3 Å². The van der Waals surface area contributed by atoms with Gasteiger partial charge in [0.25, 0.3) is 0 Å². The number of hydrogen-bond donors (Lipinski definition) is 0. The SMILES string of the molecule is Cc1nn(C)c2ncc(S(=O)(=O)N(CCN(C)C)Cc3cccs3)cc12. The number of hydrogen-bond acceptors (Lipinski definition) is 6. The Labute approximate surface area is 157 Å². The number of likely N-dealkylation sites (N-methyl/N-ethyl adjacent to an activating group) is 1. The monoisotopic (exact) mass is 393 g/mol. The number of rotatable bonds is 7. The molecule has 3 rings (SSSR count). The lowest BCUT2D eigenvalue weighted by Crippen LogP contribution is -2.36. The van der Waals surface area contributed by atoms with Crippen LogP contribution >= 0.6 is 11.3 Å². The van der Waals surface area contributed by atoms with E-state index in [2.05, 4.69) is 10.1 Å². The van der Waals surface area contributed by atoms with E-state index in [-0.39, 0.29) is 4.90 Å². The van der Waals surface area contributed by atoms with Gasteiger partial charge < -0.3 is 4.90 Å². The predicted octanol–water partition coefficient (Wildman–Crippen LogP) is 2.09. The lowest BCUT2D eigenvalue weighted by atomic mass is 10.3. The molecule has 0 spiro atoms. The maximum absolute atomic E-state index is 13.3. The third-order valence-corrected chi connectivity index (χ3v) is 6.86. The molecule has 0 aromatic carbocycles. The van der Waals surface area contributed by atoms with Crippen molar-refractivity contribution >= 4 is 32.4 Å². The number of fused-ring (bicyclic) bond motifs is 1. The van der Waals surface area contributed by atoms with E-state index in [0.29, 0.717) is 25.3 Å². The van der Waals surface area contributed by atoms with Crippen LogP contribution in [0.4, 0.5) is 0 Å². The number of thiophene rings is 1. The molecule has 0 aliphatic rings. The van der Waals surface area contributed by atoms with Crippen molar-refractivity contribution in [2.45, 2.75) is 18.4 Å². The summed E-state index contributed by atoms with van der Waals surface area (Å²) < 4.78 is 29.7. The van der Waals surface area contributed by atoms with Gasteiger partial charge in [0.15, 0.2) is 5.65 Å². The Kier molecular flexibility index (Phi) is 5.42. The van der Waals surface area contributed by atoms with Crippen molar-refractivity contribution in [3.05, 3.63) is 40.3 Å². The largest absolute Gasteiger partial charge is 0.308 e. The van der Waals surface area contributed by atoms with Crippen molar-refractivity contribution < 1.29 is 8.42 Å². The zero-order valence-corrected chi connectivity index (χ0v) is 17.0. The summed E-state index contributed by atoms with van der Waals surface area (Å²) in [4.78, 5) is 7.52. The van der Waals surface area contributed by atoms with E-state index in [9.17, 15) is 8.42 Å². The molecule has 3 aromatic heterocycles. The lowest BCUT2D eigenvalue weighted by molar-refractivity contribution is 0.330. The Hall–Kier alpha value is -1.81. The fraction of sp³-hybridized carbons (Fsp3) is 0.412. The Bertz CT molecular complexity index is 994. The van der Waals surface area contributed by atoms with Crippen molar-refractivity contribution in [3.63, 3.8) is 0 Å². The standard InChI is InChI=1S/C17H23N5O2S2/c1-13-16-10-15(11-18-17(16)21(4)19-13)26(23,24)22(8-7-20(2)3)12-14-6-5-9-25-14/h5-6,9-11H,7-8,12H2,1-4H3. The van der Waals surface area contributed by atoms with Gasteiger partial charge in [0.1, 0.15) is 4.90 Å². The van der Waals surface area contributed by atoms with Gasteiger partial charge in [-0.2, -0.15) is 9.40 Å². The number of sulfonamides is 1. The summed E-state index contributed by atoms with van der Waals surface area (Å²) in [6.07, 6.45) is 1.43. The highest BCUT2D eigenvalue weighted by Gasteiger charge is 2.26. The van der Waals surface area contributed by atoms with Crippen LogP contribution in [0.25, 0.3) is 11.0 Å². The van der Waals surface area contributed by atoms with E-state index in [4.69, 9.17) is 0 Å². The summed E-state index contributed by atoms with van der Waals surface area (Å²) in [5.41, 5.74) is 1.45. The molecule has 0 atom stereocenters. The van der Waals surface area contributed by atoms with Crippen LogP contribution in [0.2, 0.25) is 0 Å². The smallest absolute Gasteiger partial charge is 0.245 e. The molecule has 0 radical (unpaired) electrons. The summed E-state index contributed by atoms with van der Waals surface area (Å²) in [5, 5.41) is 7.04. The Balaban J connectivity index is 1.99. The molecule has 0 saturated heterocycles. The first-order valence-electron chi connectivity index (χ1n) is 8.25. The van der Waals surface area contributed by atoms with Crippen LogP contribution in [0.1, 0.15) is 10.6 Å². The van der Waals surface area contributed by atoms with Crippen LogP contribution in [0.3, 0.4) is 0 Å². The fourth-order valence-electron chi connectivity index (χ4n) is 2.75. The summed E-state index contributed by atoms with van der Waals surface area (Å²) >= 11 is 1.56. The van der Waals surface area contributed by atoms with Crippen molar-refractivity contribution in [2.24, 2.45) is 7.05 Å². The minimum absolute atomic E-state index is 0.205. The molecule has 9 heteroatoms. The lowest BCUT2D eigenvalue weighted by Gasteiger charge is -2.23. The molecule has 0 unspecified atom stereocenters. The van der Waals surface area contributed by atoms with E-state index in [0.717, 1.165) is 16.0 Å². The molecule has 0 saturated carbocycles. The first-order chi connectivity index (χ1) is 12.3. The van der Waals surface area contributed by atoms with Crippen LogP contribution < -0.4 is 0 Å². The first-order valence-corrected chi connectivity index (χ1v) is 10.6. The molecular weight excluding hydrogens is 370 g/mol. The number of pyridine rings is 1. The third kappa shape index (κ3) is 3.80. The van der Waals surface area contributed by atoms with Gasteiger partial charge in [0, 0.05) is 43.1 Å². The summed E-state index contributed by atoms with van der Waals surface area (Å²) in [7, 11) is 2.01. The molecule has 0 amide bonds. The van der Waals surface area contributed by atoms with Gasteiger partial charge in [-0.05, 0) is 38.5 Å². The van der Waals surface area contributed by atoms with E-state index in [1.165, 1.54) is 10.5 Å². The molecule has 0 aliphatic heterocycles. The summed E-state index contributed by atoms with van der Waals surface area (Å²) in [6, 6.07) is 5.57. The van der Waals surface area contributed by atoms with Crippen LogP contribution in [0.5, 0.6) is 0 Å². The minimum atomic E-state index is -3.66. The molecule has 0 N–H and O–H groups in total. The molecule has 0 fully saturated rings. The molecule has 0 bridgehead atoms. The van der Waals surface area contributed by atoms with Crippen LogP contribution in [-0.4, -0.2) is 59.6 Å². The highest BCUT2D eigenvalue weighted by Crippen LogP contribution is 2.24. The molecule has 3 heterocycles. The highest BCUT2D eigenvalue weighted by atomic mass is 32.2. The first kappa shape index (κ1) is 19.0. The molecule has 26 heavy (non-hydrogen) atoms. The van der Waals surface area contributed by atoms with Gasteiger partial charge in [-0.1, -0.05) is 6.07 Å². The van der Waals surface area contributed by atoms with Crippen LogP contribution in [-0.2, 0) is 23.6 Å². The normalized spacial score (nSPS) is 12.5. The van der Waals surface area contributed by atoms with Crippen LogP contribution in [0.15, 0.2) is 34.7 Å². The fourth-order valence-corrected chi connectivity index (χ4v) is 4.93. The highest BCUT2D eigenvalue weighted by molar-refractivity contribution is 7.89. The molecule has 3 aromatic rings. The maximum Gasteiger partial charge on any atom is 0.245 e. The van der Waals surface area contributed by atoms with E-state index in [1.807, 2.05) is 43.4 Å². The average Bonchev–Trinajstić information content (AvgIpc) is 3.19. The van der Waals surface area contributed by atoms with E-state index in [1.54, 1.807) is 29.1 Å². The second kappa shape index (κ2) is 7.43. The van der Waals surface area contributed by atoms with Gasteiger partial charge in [0.05, 0.1) is 5.69 Å². The van der Waals surface area contributed by atoms with Gasteiger partial charge in [0.2, 0.25) is 10.0 Å². The minimum Gasteiger partial charge on any atom is -0.308 e. The zero-order chi connectivity index (χ0) is 18.9. The maximum atomic E-state index is 13.3. The van der Waals surface area contributed by atoms with Crippen molar-refractivity contribution in [3.8, 4) is 0 Å². The van der Waals surface area contributed by atoms with Gasteiger partial charge >= 0.3 is 0 Å². The Morgan fingerprint density at radius 1 is 1.27 bits per heavy atom. The predicted molar refractivity (Wildman–Crippen MR) is 104 cm³/mol. The van der Waals surface area contributed by atoms with E-state index < -0.39 is 10.0 Å². The molecule has 7 nitrogen and oxygen atoms in total. The number of aromatic nitrogens is 3. The zero-order valence-electron chi connectivity index (χ0n) is 15.4. The second-order valence-corrected chi connectivity index (χ2v) is 9.44. The van der Waals surface area contributed by atoms with Crippen molar-refractivity contribution in [2.75, 3.05) is 27.2 Å². The average molecular weight is 394 g/mol. The number of nitrogens with zero attached hydrogens (tertiary/aromatic N) is 5. The molecule has 0 aliphatic carbocycles. The van der Waals surface area contributed by atoms with Gasteiger partial charge in [-0.3, -0.25) is 4.68 Å². The quantitative estimate of drug-likeness (QED) is 0.615. The van der Waals surface area contributed by atoms with Crippen LogP contribution in [0, 0.1) is 6.92 Å². The van der Waals surface area contributed by atoms with Crippen molar-refractivity contribution in [1.29, 1.82) is 0 Å². The third-order valence-electron chi connectivity index (χ3n) is 4.18. The topological polar surface area (TPSA) is 71.3 Å². The van der Waals surface area contributed by atoms with E-state index >= 15 is 0 Å². The number of aryl methyl sites for hydroxylation is 2. The Morgan fingerprint density at radius 3 is 2.69 bits per heavy atom. The summed E-state index contributed by atoms with van der Waals surface area (Å²) in [6.45, 7) is 3.28.